The first-order valence-corrected chi connectivity index (χ1v) is 7.32. The molecule has 0 atom stereocenters. The lowest BCUT2D eigenvalue weighted by Gasteiger charge is -2.22. The summed E-state index contributed by atoms with van der Waals surface area (Å²) in [6, 6.07) is 7.21. The van der Waals surface area contributed by atoms with Gasteiger partial charge in [0.1, 0.15) is 5.75 Å². The molecule has 0 amide bonds. The molecule has 0 aliphatic heterocycles. The van der Waals surface area contributed by atoms with E-state index in [1.165, 1.54) is 0 Å². The van der Waals surface area contributed by atoms with E-state index in [1.807, 2.05) is 36.0 Å². The molecule has 0 heterocycles. The van der Waals surface area contributed by atoms with Gasteiger partial charge >= 0.3 is 5.97 Å². The lowest BCUT2D eigenvalue weighted by atomic mass is 10.3. The number of carboxylic acid groups (broad SMARTS) is 1. The molecule has 6 heteroatoms. The Labute approximate surface area is 131 Å². The van der Waals surface area contributed by atoms with Crippen LogP contribution >= 0.6 is 11.6 Å². The zero-order chi connectivity index (χ0) is 15.7. The SMILES string of the molecule is CN(C)CCN(CCCOc1ccc(Cl)cc1)CC(=O)O. The molecule has 1 aromatic rings. The Kier molecular flexibility index (Phi) is 8.12. The van der Waals surface area contributed by atoms with Crippen LogP contribution < -0.4 is 4.74 Å². The lowest BCUT2D eigenvalue weighted by molar-refractivity contribution is -0.138. The average molecular weight is 315 g/mol. The molecule has 1 N–H and O–H groups in total. The van der Waals surface area contributed by atoms with E-state index in [1.54, 1.807) is 12.1 Å². The number of benzene rings is 1. The fraction of sp³-hybridized carbons (Fsp3) is 0.533. The van der Waals surface area contributed by atoms with Gasteiger partial charge in [0.25, 0.3) is 0 Å². The lowest BCUT2D eigenvalue weighted by Crippen LogP contribution is -2.36. The maximum absolute atomic E-state index is 10.8. The molecular formula is C15H23ClN2O3. The standard InChI is InChI=1S/C15H23ClN2O3/c1-17(2)9-10-18(12-15(19)20)8-3-11-21-14-6-4-13(16)5-7-14/h4-7H,3,8-12H2,1-2H3,(H,19,20). The molecule has 0 unspecified atom stereocenters. The predicted octanol–water partition coefficient (Wildman–Crippen LogP) is 2.06. The highest BCUT2D eigenvalue weighted by Gasteiger charge is 2.09. The van der Waals surface area contributed by atoms with Crippen LogP contribution in [0.15, 0.2) is 24.3 Å². The number of carboxylic acids is 1. The summed E-state index contributed by atoms with van der Waals surface area (Å²) in [6.07, 6.45) is 0.781. The van der Waals surface area contributed by atoms with Gasteiger partial charge in [0.15, 0.2) is 0 Å². The van der Waals surface area contributed by atoms with Crippen LogP contribution in [0.1, 0.15) is 6.42 Å². The Morgan fingerprint density at radius 3 is 2.43 bits per heavy atom. The number of nitrogens with zero attached hydrogens (tertiary/aromatic N) is 2. The normalized spacial score (nSPS) is 11.1. The van der Waals surface area contributed by atoms with Gasteiger partial charge in [0.05, 0.1) is 13.2 Å². The summed E-state index contributed by atoms with van der Waals surface area (Å²) >= 11 is 5.80. The Morgan fingerprint density at radius 2 is 1.86 bits per heavy atom. The minimum Gasteiger partial charge on any atom is -0.494 e. The zero-order valence-corrected chi connectivity index (χ0v) is 13.3. The van der Waals surface area contributed by atoms with E-state index in [4.69, 9.17) is 21.4 Å². The Bertz CT molecular complexity index is 423. The van der Waals surface area contributed by atoms with Gasteiger partial charge in [0, 0.05) is 24.7 Å². The summed E-state index contributed by atoms with van der Waals surface area (Å²) in [5, 5.41) is 9.59. The van der Waals surface area contributed by atoms with E-state index < -0.39 is 5.97 Å². The van der Waals surface area contributed by atoms with Gasteiger partial charge in [-0.3, -0.25) is 9.69 Å². The zero-order valence-electron chi connectivity index (χ0n) is 12.6. The molecule has 1 rings (SSSR count). The highest BCUT2D eigenvalue weighted by molar-refractivity contribution is 6.30. The first-order chi connectivity index (χ1) is 9.97. The number of ether oxygens (including phenoxy) is 1. The van der Waals surface area contributed by atoms with E-state index in [0.29, 0.717) is 18.2 Å². The summed E-state index contributed by atoms with van der Waals surface area (Å²) in [7, 11) is 3.95. The summed E-state index contributed by atoms with van der Waals surface area (Å²) in [4.78, 5) is 14.8. The van der Waals surface area contributed by atoms with Crippen molar-refractivity contribution in [2.75, 3.05) is 46.9 Å². The van der Waals surface area contributed by atoms with Gasteiger partial charge in [-0.2, -0.15) is 0 Å². The molecule has 1 aromatic carbocycles. The number of hydrogen-bond acceptors (Lipinski definition) is 4. The third-order valence-corrected chi connectivity index (χ3v) is 3.18. The molecule has 0 aliphatic rings. The second-order valence-electron chi connectivity index (χ2n) is 5.13. The van der Waals surface area contributed by atoms with Crippen molar-refractivity contribution in [1.29, 1.82) is 0 Å². The van der Waals surface area contributed by atoms with Crippen molar-refractivity contribution in [2.45, 2.75) is 6.42 Å². The molecule has 5 nitrogen and oxygen atoms in total. The van der Waals surface area contributed by atoms with E-state index in [2.05, 4.69) is 0 Å². The molecule has 0 fully saturated rings. The van der Waals surface area contributed by atoms with E-state index >= 15 is 0 Å². The summed E-state index contributed by atoms with van der Waals surface area (Å²) in [5.41, 5.74) is 0. The van der Waals surface area contributed by atoms with Crippen molar-refractivity contribution < 1.29 is 14.6 Å². The second-order valence-corrected chi connectivity index (χ2v) is 5.57. The number of rotatable bonds is 10. The largest absolute Gasteiger partial charge is 0.494 e. The molecule has 21 heavy (non-hydrogen) atoms. The monoisotopic (exact) mass is 314 g/mol. The van der Waals surface area contributed by atoms with Crippen LogP contribution in [0.2, 0.25) is 5.02 Å². The van der Waals surface area contributed by atoms with Gasteiger partial charge < -0.3 is 14.7 Å². The van der Waals surface area contributed by atoms with Crippen LogP contribution in [0, 0.1) is 0 Å². The quantitative estimate of drug-likeness (QED) is 0.670. The fourth-order valence-electron chi connectivity index (χ4n) is 1.81. The van der Waals surface area contributed by atoms with Gasteiger partial charge in [-0.15, -0.1) is 0 Å². The Morgan fingerprint density at radius 1 is 1.19 bits per heavy atom. The highest BCUT2D eigenvalue weighted by atomic mass is 35.5. The Hall–Kier alpha value is -1.30. The van der Waals surface area contributed by atoms with Gasteiger partial charge in [0.2, 0.25) is 0 Å². The maximum atomic E-state index is 10.8. The summed E-state index contributed by atoms with van der Waals surface area (Å²) in [5.74, 6) is -0.0233. The highest BCUT2D eigenvalue weighted by Crippen LogP contribution is 2.15. The Balaban J connectivity index is 2.28. The molecule has 118 valence electrons. The van der Waals surface area contributed by atoms with Gasteiger partial charge in [-0.05, 0) is 44.8 Å². The van der Waals surface area contributed by atoms with Crippen molar-refractivity contribution >= 4 is 17.6 Å². The van der Waals surface area contributed by atoms with E-state index in [0.717, 1.165) is 25.3 Å². The third kappa shape index (κ3) is 8.55. The van der Waals surface area contributed by atoms with Crippen LogP contribution in [0.4, 0.5) is 0 Å². The smallest absolute Gasteiger partial charge is 0.317 e. The van der Waals surface area contributed by atoms with Crippen molar-refractivity contribution in [3.05, 3.63) is 29.3 Å². The van der Waals surface area contributed by atoms with Crippen LogP contribution in [-0.2, 0) is 4.79 Å². The molecule has 0 bridgehead atoms. The second kappa shape index (κ2) is 9.60. The maximum Gasteiger partial charge on any atom is 0.317 e. The van der Waals surface area contributed by atoms with Crippen molar-refractivity contribution in [3.63, 3.8) is 0 Å². The van der Waals surface area contributed by atoms with Crippen LogP contribution in [0.5, 0.6) is 5.75 Å². The number of hydrogen-bond donors (Lipinski definition) is 1. The topological polar surface area (TPSA) is 53.0 Å². The van der Waals surface area contributed by atoms with Crippen LogP contribution in [-0.4, -0.2) is 67.8 Å². The molecule has 0 saturated heterocycles. The molecule has 0 saturated carbocycles. The molecule has 0 aliphatic carbocycles. The predicted molar refractivity (Wildman–Crippen MR) is 84.2 cm³/mol. The minimum absolute atomic E-state index is 0.0643. The first kappa shape index (κ1) is 17.8. The summed E-state index contributed by atoms with van der Waals surface area (Å²) < 4.78 is 5.60. The summed E-state index contributed by atoms with van der Waals surface area (Å²) in [6.45, 7) is 2.90. The van der Waals surface area contributed by atoms with Gasteiger partial charge in [-0.1, -0.05) is 11.6 Å². The number of likely N-dealkylation sites (N-methyl/N-ethyl adjacent to an activating group) is 1. The van der Waals surface area contributed by atoms with Crippen molar-refractivity contribution in [2.24, 2.45) is 0 Å². The average Bonchev–Trinajstić information content (AvgIpc) is 2.42. The molecule has 0 aromatic heterocycles. The van der Waals surface area contributed by atoms with Crippen LogP contribution in [0.25, 0.3) is 0 Å². The minimum atomic E-state index is -0.799. The first-order valence-electron chi connectivity index (χ1n) is 6.94. The number of aliphatic carboxylic acids is 1. The third-order valence-electron chi connectivity index (χ3n) is 2.92. The van der Waals surface area contributed by atoms with Crippen LogP contribution in [0.3, 0.4) is 0 Å². The fourth-order valence-corrected chi connectivity index (χ4v) is 1.94. The van der Waals surface area contributed by atoms with Crippen molar-refractivity contribution in [3.8, 4) is 5.75 Å². The van der Waals surface area contributed by atoms with Gasteiger partial charge in [-0.25, -0.2) is 0 Å². The van der Waals surface area contributed by atoms with Crippen molar-refractivity contribution in [1.82, 2.24) is 9.80 Å². The van der Waals surface area contributed by atoms with E-state index in [-0.39, 0.29) is 6.54 Å². The molecule has 0 radical (unpaired) electrons. The number of carbonyl (C=O) groups is 1. The molecule has 0 spiro atoms. The molecular weight excluding hydrogens is 292 g/mol. The van der Waals surface area contributed by atoms with E-state index in [9.17, 15) is 4.79 Å². The number of halogens is 1.